The van der Waals surface area contributed by atoms with Gasteiger partial charge in [-0.1, -0.05) is 41.4 Å². The minimum absolute atomic E-state index is 0.0252. The lowest BCUT2D eigenvalue weighted by molar-refractivity contribution is -0.121. The van der Waals surface area contributed by atoms with Gasteiger partial charge in [0.2, 0.25) is 0 Å². The number of nitrogens with zero attached hydrogens (tertiary/aromatic N) is 1. The van der Waals surface area contributed by atoms with Gasteiger partial charge in [0.25, 0.3) is 11.8 Å². The number of halogens is 1. The predicted molar refractivity (Wildman–Crippen MR) is 114 cm³/mol. The summed E-state index contributed by atoms with van der Waals surface area (Å²) in [7, 11) is 0. The van der Waals surface area contributed by atoms with Crippen molar-refractivity contribution in [2.75, 3.05) is 16.8 Å². The molecule has 6 heteroatoms. The quantitative estimate of drug-likeness (QED) is 0.675. The second kappa shape index (κ2) is 7.97. The minimum Gasteiger partial charge on any atom is -0.482 e. The number of rotatable bonds is 4. The number of fused-ring (bicyclic) bond motifs is 1. The predicted octanol–water partition coefficient (Wildman–Crippen LogP) is 4.83. The van der Waals surface area contributed by atoms with Crippen LogP contribution < -0.4 is 15.0 Å². The molecule has 0 bridgehead atoms. The monoisotopic (exact) mass is 406 g/mol. The van der Waals surface area contributed by atoms with Gasteiger partial charge in [-0.2, -0.15) is 0 Å². The molecule has 0 saturated carbocycles. The number of nitrogens with one attached hydrogen (secondary N) is 1. The fourth-order valence-corrected chi connectivity index (χ4v) is 3.47. The number of aryl methyl sites for hydroxylation is 1. The SMILES string of the molecule is Cc1cccc(C(=O)Nc2ccc3c(c2)N(Cc2cccc(Cl)c2)C(=O)CO3)c1. The first-order valence-electron chi connectivity index (χ1n) is 9.19. The molecule has 0 spiro atoms. The molecule has 3 aromatic carbocycles. The summed E-state index contributed by atoms with van der Waals surface area (Å²) in [5.74, 6) is 0.234. The Labute approximate surface area is 173 Å². The topological polar surface area (TPSA) is 58.6 Å². The molecule has 1 aliphatic rings. The fraction of sp³-hybridized carbons (Fsp3) is 0.130. The van der Waals surface area contributed by atoms with Crippen molar-refractivity contribution >= 4 is 34.8 Å². The van der Waals surface area contributed by atoms with Gasteiger partial charge in [-0.3, -0.25) is 9.59 Å². The Bertz CT molecular complexity index is 1100. The Hall–Kier alpha value is -3.31. The standard InChI is InChI=1S/C23H19ClN2O3/c1-15-4-2-6-17(10-15)23(28)25-19-8-9-21-20(12-19)26(22(27)14-29-21)13-16-5-3-7-18(24)11-16/h2-12H,13-14H2,1H3,(H,25,28). The van der Waals surface area contributed by atoms with Crippen molar-refractivity contribution in [3.8, 4) is 5.75 Å². The lowest BCUT2D eigenvalue weighted by atomic mass is 10.1. The zero-order chi connectivity index (χ0) is 20.4. The highest BCUT2D eigenvalue weighted by molar-refractivity contribution is 6.30. The van der Waals surface area contributed by atoms with Crippen molar-refractivity contribution < 1.29 is 14.3 Å². The molecule has 0 unspecified atom stereocenters. The number of carbonyl (C=O) groups excluding carboxylic acids is 2. The van der Waals surface area contributed by atoms with Crippen molar-refractivity contribution in [2.24, 2.45) is 0 Å². The smallest absolute Gasteiger partial charge is 0.265 e. The third-order valence-electron chi connectivity index (χ3n) is 4.67. The summed E-state index contributed by atoms with van der Waals surface area (Å²) in [6.45, 7) is 2.28. The molecule has 0 fully saturated rings. The van der Waals surface area contributed by atoms with E-state index < -0.39 is 0 Å². The van der Waals surface area contributed by atoms with E-state index in [0.29, 0.717) is 34.3 Å². The van der Waals surface area contributed by atoms with Crippen LogP contribution in [0.1, 0.15) is 21.5 Å². The Balaban J connectivity index is 1.61. The van der Waals surface area contributed by atoms with Crippen molar-refractivity contribution in [3.63, 3.8) is 0 Å². The van der Waals surface area contributed by atoms with Crippen molar-refractivity contribution in [1.82, 2.24) is 0 Å². The van der Waals surface area contributed by atoms with Gasteiger partial charge in [0.15, 0.2) is 6.61 Å². The van der Waals surface area contributed by atoms with Crippen LogP contribution in [0.5, 0.6) is 5.75 Å². The number of anilines is 2. The van der Waals surface area contributed by atoms with Crippen molar-refractivity contribution in [2.45, 2.75) is 13.5 Å². The summed E-state index contributed by atoms with van der Waals surface area (Å²) in [5, 5.41) is 3.50. The zero-order valence-electron chi connectivity index (χ0n) is 15.8. The summed E-state index contributed by atoms with van der Waals surface area (Å²) in [6, 6.07) is 20.0. The van der Waals surface area contributed by atoms with E-state index in [2.05, 4.69) is 5.32 Å². The van der Waals surface area contributed by atoms with Crippen LogP contribution in [0.25, 0.3) is 0 Å². The second-order valence-electron chi connectivity index (χ2n) is 6.90. The fourth-order valence-electron chi connectivity index (χ4n) is 3.26. The van der Waals surface area contributed by atoms with Crippen LogP contribution >= 0.6 is 11.6 Å². The summed E-state index contributed by atoms with van der Waals surface area (Å²) < 4.78 is 5.56. The number of amides is 2. The molecule has 0 saturated heterocycles. The molecule has 0 atom stereocenters. The molecule has 1 N–H and O–H groups in total. The maximum absolute atomic E-state index is 12.6. The van der Waals surface area contributed by atoms with Crippen LogP contribution in [0.3, 0.4) is 0 Å². The Morgan fingerprint density at radius 2 is 1.93 bits per heavy atom. The van der Waals surface area contributed by atoms with Crippen LogP contribution in [-0.4, -0.2) is 18.4 Å². The molecule has 4 rings (SSSR count). The van der Waals surface area contributed by atoms with Gasteiger partial charge >= 0.3 is 0 Å². The molecule has 2 amide bonds. The third kappa shape index (κ3) is 4.25. The van der Waals surface area contributed by atoms with Gasteiger partial charge in [-0.05, 0) is 55.0 Å². The third-order valence-corrected chi connectivity index (χ3v) is 4.90. The molecule has 29 heavy (non-hydrogen) atoms. The van der Waals surface area contributed by atoms with Crippen LogP contribution in [0, 0.1) is 6.92 Å². The summed E-state index contributed by atoms with van der Waals surface area (Å²) in [6.07, 6.45) is 0. The number of hydrogen-bond acceptors (Lipinski definition) is 3. The van der Waals surface area contributed by atoms with Crippen LogP contribution in [0.15, 0.2) is 66.7 Å². The average Bonchev–Trinajstić information content (AvgIpc) is 2.70. The normalized spacial score (nSPS) is 12.9. The van der Waals surface area contributed by atoms with Crippen LogP contribution in [-0.2, 0) is 11.3 Å². The molecule has 0 aromatic heterocycles. The van der Waals surface area contributed by atoms with E-state index in [-0.39, 0.29) is 18.4 Å². The summed E-state index contributed by atoms with van der Waals surface area (Å²) in [5.41, 5.74) is 3.70. The van der Waals surface area contributed by atoms with Crippen molar-refractivity contribution in [3.05, 3.63) is 88.4 Å². The second-order valence-corrected chi connectivity index (χ2v) is 7.34. The van der Waals surface area contributed by atoms with E-state index in [1.165, 1.54) is 0 Å². The highest BCUT2D eigenvalue weighted by Gasteiger charge is 2.26. The maximum Gasteiger partial charge on any atom is 0.265 e. The Kier molecular flexibility index (Phi) is 5.23. The van der Waals surface area contributed by atoms with Gasteiger partial charge in [0, 0.05) is 16.3 Å². The lowest BCUT2D eigenvalue weighted by Gasteiger charge is -2.30. The summed E-state index contributed by atoms with van der Waals surface area (Å²) >= 11 is 6.08. The van der Waals surface area contributed by atoms with Crippen molar-refractivity contribution in [1.29, 1.82) is 0 Å². The van der Waals surface area contributed by atoms with Crippen LogP contribution in [0.4, 0.5) is 11.4 Å². The van der Waals surface area contributed by atoms with Gasteiger partial charge in [-0.15, -0.1) is 0 Å². The molecule has 146 valence electrons. The van der Waals surface area contributed by atoms with E-state index in [1.54, 1.807) is 35.2 Å². The average molecular weight is 407 g/mol. The largest absolute Gasteiger partial charge is 0.482 e. The minimum atomic E-state index is -0.210. The Morgan fingerprint density at radius 3 is 2.72 bits per heavy atom. The first kappa shape index (κ1) is 19.0. The number of carbonyl (C=O) groups is 2. The maximum atomic E-state index is 12.6. The highest BCUT2D eigenvalue weighted by atomic mass is 35.5. The zero-order valence-corrected chi connectivity index (χ0v) is 16.6. The first-order chi connectivity index (χ1) is 14.0. The van der Waals surface area contributed by atoms with Gasteiger partial charge in [0.1, 0.15) is 5.75 Å². The molecular weight excluding hydrogens is 388 g/mol. The van der Waals surface area contributed by atoms with E-state index in [1.807, 2.05) is 43.3 Å². The van der Waals surface area contributed by atoms with E-state index >= 15 is 0 Å². The highest BCUT2D eigenvalue weighted by Crippen LogP contribution is 2.35. The Morgan fingerprint density at radius 1 is 1.10 bits per heavy atom. The van der Waals surface area contributed by atoms with Gasteiger partial charge in [-0.25, -0.2) is 0 Å². The molecule has 1 heterocycles. The number of benzene rings is 3. The molecule has 0 aliphatic carbocycles. The number of hydrogen-bond donors (Lipinski definition) is 1. The van der Waals surface area contributed by atoms with Gasteiger partial charge in [0.05, 0.1) is 12.2 Å². The molecule has 0 radical (unpaired) electrons. The summed E-state index contributed by atoms with van der Waals surface area (Å²) in [4.78, 5) is 26.7. The van der Waals surface area contributed by atoms with Crippen LogP contribution in [0.2, 0.25) is 5.02 Å². The van der Waals surface area contributed by atoms with E-state index in [4.69, 9.17) is 16.3 Å². The number of ether oxygens (including phenoxy) is 1. The molecule has 5 nitrogen and oxygen atoms in total. The van der Waals surface area contributed by atoms with E-state index in [0.717, 1.165) is 11.1 Å². The van der Waals surface area contributed by atoms with E-state index in [9.17, 15) is 9.59 Å². The van der Waals surface area contributed by atoms with Gasteiger partial charge < -0.3 is 15.0 Å². The molecule has 1 aliphatic heterocycles. The lowest BCUT2D eigenvalue weighted by Crippen LogP contribution is -2.38. The molecule has 3 aromatic rings. The first-order valence-corrected chi connectivity index (χ1v) is 9.57. The molecular formula is C23H19ClN2O3.